The number of pyridine rings is 7. The average Bonchev–Trinajstić information content (AvgIpc) is 0.833. The van der Waals surface area contributed by atoms with E-state index in [1.54, 1.807) is 153 Å². The van der Waals surface area contributed by atoms with Gasteiger partial charge in [-0.15, -0.1) is 0 Å². The molecule has 0 spiro atoms. The van der Waals surface area contributed by atoms with Crippen molar-refractivity contribution in [2.75, 3.05) is 46.0 Å². The van der Waals surface area contributed by atoms with Crippen LogP contribution in [0.15, 0.2) is 286 Å². The summed E-state index contributed by atoms with van der Waals surface area (Å²) in [4.78, 5) is 117. The fourth-order valence-corrected chi connectivity index (χ4v) is 14.9. The first-order chi connectivity index (χ1) is 61.0. The Balaban J connectivity index is 0.000000164. The summed E-state index contributed by atoms with van der Waals surface area (Å²) in [7, 11) is -1.91. The highest BCUT2D eigenvalue weighted by atomic mass is 35.5. The van der Waals surface area contributed by atoms with Gasteiger partial charge in [0.05, 0.1) is 125 Å². The second-order valence-electron chi connectivity index (χ2n) is 27.9. The van der Waals surface area contributed by atoms with Crippen LogP contribution < -0.4 is 42.0 Å². The number of ether oxygens (including phenoxy) is 1. The molecule has 33 heteroatoms. The quantitative estimate of drug-likeness (QED) is 0.0257. The van der Waals surface area contributed by atoms with Crippen LogP contribution in [0.4, 0.5) is 28.4 Å². The Morgan fingerprint density at radius 3 is 1.17 bits per heavy atom. The van der Waals surface area contributed by atoms with Gasteiger partial charge in [-0.05, 0) is 227 Å². The van der Waals surface area contributed by atoms with Gasteiger partial charge in [-0.2, -0.15) is 0 Å². The molecule has 0 saturated heterocycles. The predicted octanol–water partition coefficient (Wildman–Crippen LogP) is 19.0. The Morgan fingerprint density at radius 2 is 0.787 bits per heavy atom. The number of aliphatic hydroxyl groups excluding tert-OH is 2. The molecule has 14 aromatic rings. The minimum absolute atomic E-state index is 0.119. The zero-order valence-electron chi connectivity index (χ0n) is 67.9. The second-order valence-corrected chi connectivity index (χ2v) is 32.5. The molecule has 127 heavy (non-hydrogen) atoms. The van der Waals surface area contributed by atoms with Crippen molar-refractivity contribution in [2.45, 2.75) is 45.3 Å². The normalized spacial score (nSPS) is 11.2. The maximum atomic E-state index is 12.8. The van der Waals surface area contributed by atoms with Crippen LogP contribution in [-0.4, -0.2) is 126 Å². The minimum Gasteiger partial charge on any atom is -0.481 e. The van der Waals surface area contributed by atoms with Gasteiger partial charge in [0, 0.05) is 111 Å². The Hall–Kier alpha value is -13.7. The lowest BCUT2D eigenvalue weighted by Gasteiger charge is -2.11. The molecule has 0 radical (unpaired) electrons. The predicted molar refractivity (Wildman–Crippen MR) is 496 cm³/mol. The van der Waals surface area contributed by atoms with E-state index in [1.807, 2.05) is 91.9 Å². The maximum Gasteiger partial charge on any atom is 0.274 e. The minimum atomic E-state index is -3.42. The van der Waals surface area contributed by atoms with Crippen LogP contribution in [0.5, 0.6) is 5.88 Å². The van der Waals surface area contributed by atoms with Crippen molar-refractivity contribution in [1.82, 2.24) is 45.5 Å². The monoisotopic (exact) mass is 1840 g/mol. The Morgan fingerprint density at radius 1 is 0.378 bits per heavy atom. The molecule has 26 nitrogen and oxygen atoms in total. The van der Waals surface area contributed by atoms with Gasteiger partial charge in [-0.3, -0.25) is 63.5 Å². The molecule has 0 bridgehead atoms. The number of halogens is 6. The third-order valence-electron chi connectivity index (χ3n) is 18.1. The number of nitrogens with zero attached hydrogens (tertiary/aromatic N) is 7. The number of nitrogens with one attached hydrogen (secondary N) is 7. The summed E-state index contributed by atoms with van der Waals surface area (Å²) in [6.07, 6.45) is 7.91. The number of carbonyl (C=O) groups is 7. The van der Waals surface area contributed by atoms with Gasteiger partial charge in [0.15, 0.2) is 9.84 Å². The lowest BCUT2D eigenvalue weighted by Crippen LogP contribution is -2.30. The number of amides is 7. The Labute approximate surface area is 760 Å². The SMILES string of the molecule is CC(O)CS(=O)(=O)Cc1ccc(C(=O)Nc2ccc(Cl)c(-c3ccccn3)c2)cc1.COc1ccc(NC(=O)c2ccc(C(=O)Nc3ccc(Cl)c(-c4ccccn4)c3)cn2)cn1.C[C@@H](O)CNC(=O)c1ccc(C(=O)Nc2ccc(Cl)c(-c3ccccn3)c2)c(Cl)c1.Cc1cccc(CNC(=O)c2ccc(C(=O)Nc3ccc(Cl)c(-c4ccccn4)c3)c(Cl)c2)n1. The van der Waals surface area contributed by atoms with Crippen LogP contribution in [0.25, 0.3) is 45.0 Å². The first-order valence-corrected chi connectivity index (χ1v) is 42.7. The fraction of sp³-hybridized carbons (Fsp3) is 0.106. The number of aryl methyl sites for hydroxylation is 1. The van der Waals surface area contributed by atoms with Gasteiger partial charge < -0.3 is 52.2 Å². The van der Waals surface area contributed by atoms with Gasteiger partial charge in [0.25, 0.3) is 41.4 Å². The topological polar surface area (TPSA) is 378 Å². The molecule has 9 N–H and O–H groups in total. The number of rotatable bonds is 25. The van der Waals surface area contributed by atoms with Crippen molar-refractivity contribution in [3.8, 4) is 50.9 Å². The lowest BCUT2D eigenvalue weighted by atomic mass is 10.1. The summed E-state index contributed by atoms with van der Waals surface area (Å²) >= 11 is 37.7. The number of aliphatic hydroxyl groups is 2. The largest absolute Gasteiger partial charge is 0.481 e. The van der Waals surface area contributed by atoms with Crippen LogP contribution in [0.2, 0.25) is 30.1 Å². The number of hydrogen-bond acceptors (Lipinski definition) is 19. The maximum absolute atomic E-state index is 12.8. The molecule has 7 heterocycles. The molecular weight excluding hydrogens is 1760 g/mol. The van der Waals surface area contributed by atoms with E-state index in [0.29, 0.717) is 127 Å². The molecule has 1 unspecified atom stereocenters. The van der Waals surface area contributed by atoms with E-state index in [1.165, 1.54) is 68.9 Å². The van der Waals surface area contributed by atoms with Crippen LogP contribution in [0, 0.1) is 6.92 Å². The first kappa shape index (κ1) is 94.0. The van der Waals surface area contributed by atoms with Crippen molar-refractivity contribution in [3.63, 3.8) is 0 Å². The first-order valence-electron chi connectivity index (χ1n) is 38.6. The molecule has 7 aromatic heterocycles. The van der Waals surface area contributed by atoms with E-state index >= 15 is 0 Å². The number of carbonyl (C=O) groups excluding carboxylic acids is 7. The number of methoxy groups -OCH3 is 1. The van der Waals surface area contributed by atoms with E-state index in [9.17, 15) is 52.2 Å². The second kappa shape index (κ2) is 45.3. The van der Waals surface area contributed by atoms with E-state index in [-0.39, 0.29) is 75.1 Å². The Bertz CT molecular complexity index is 6390. The molecule has 0 saturated carbocycles. The molecule has 7 amide bonds. The van der Waals surface area contributed by atoms with Gasteiger partial charge in [0.2, 0.25) is 5.88 Å². The summed E-state index contributed by atoms with van der Waals surface area (Å²) < 4.78 is 29.0. The highest BCUT2D eigenvalue weighted by molar-refractivity contribution is 7.90. The highest BCUT2D eigenvalue weighted by Gasteiger charge is 2.22. The average molecular weight is 1840 g/mol. The van der Waals surface area contributed by atoms with E-state index in [0.717, 1.165) is 11.4 Å². The van der Waals surface area contributed by atoms with E-state index in [2.05, 4.69) is 72.1 Å². The van der Waals surface area contributed by atoms with Crippen LogP contribution in [-0.2, 0) is 22.1 Å². The summed E-state index contributed by atoms with van der Waals surface area (Å²) in [5, 5.41) is 40.2. The summed E-state index contributed by atoms with van der Waals surface area (Å²) in [6.45, 7) is 5.29. The molecule has 0 aliphatic heterocycles. The molecule has 7 aromatic carbocycles. The molecule has 0 aliphatic rings. The summed E-state index contributed by atoms with van der Waals surface area (Å²) in [5.74, 6) is -2.71. The van der Waals surface area contributed by atoms with Gasteiger partial charge >= 0.3 is 0 Å². The third-order valence-corrected chi connectivity index (χ3v) is 21.8. The third kappa shape index (κ3) is 27.6. The molecule has 2 atom stereocenters. The van der Waals surface area contributed by atoms with Crippen molar-refractivity contribution in [1.29, 1.82) is 0 Å². The number of benzene rings is 7. The van der Waals surface area contributed by atoms with E-state index in [4.69, 9.17) is 74.3 Å². The number of hydrogen-bond donors (Lipinski definition) is 9. The number of anilines is 5. The van der Waals surface area contributed by atoms with Crippen molar-refractivity contribution >= 4 is 149 Å². The molecule has 0 fully saturated rings. The van der Waals surface area contributed by atoms with Gasteiger partial charge in [0.1, 0.15) is 5.69 Å². The number of aromatic nitrogens is 7. The smallest absolute Gasteiger partial charge is 0.274 e. The molecular formula is C94H78Cl6N14O12S. The summed E-state index contributed by atoms with van der Waals surface area (Å²) in [5.41, 5.74) is 12.4. The Kier molecular flexibility index (Phi) is 33.5. The van der Waals surface area contributed by atoms with Gasteiger partial charge in [-0.25, -0.2) is 13.4 Å². The molecule has 644 valence electrons. The standard InChI is InChI=1S/C26H20Cl2N4O2.C24H18ClN5O3.C22H19Cl2N3O3.C22H21ClN2O4S/c1-16-5-4-6-19(31-16)15-30-25(33)17-8-10-20(23(28)13-17)26(34)32-18-9-11-22(27)21(14-18)24-7-2-3-12-29-24;1-33-22-10-7-17(14-28-22)30-24(32)21-9-5-15(13-27-21)23(31)29-16-6-8-19(25)18(12-16)20-4-2-3-11-26-20;1-13(28)12-26-21(29)14-5-7-16(19(24)10-14)22(30)27-15-6-8-18(23)17(11-15)20-4-2-3-9-25-20;1-15(26)13-30(28,29)14-16-5-7-17(8-6-16)22(27)25-18-9-10-20(23)19(12-18)21-4-2-3-11-24-21/h2-14H,15H2,1H3,(H,30,33)(H,32,34);2-14H,1H3,(H,29,31)(H,30,32);2-11,13,28H,12H2,1H3,(H,26,29)(H,27,30);2-12,15,26H,13-14H2,1H3,(H,25,27)/t;;13-;/m..1./s1. The highest BCUT2D eigenvalue weighted by Crippen LogP contribution is 2.35. The van der Waals surface area contributed by atoms with Crippen LogP contribution in [0.3, 0.4) is 0 Å². The number of sulfone groups is 1. The fourth-order valence-electron chi connectivity index (χ4n) is 11.9. The van der Waals surface area contributed by atoms with Gasteiger partial charge in [-0.1, -0.05) is 112 Å². The van der Waals surface area contributed by atoms with E-state index < -0.39 is 39.8 Å². The van der Waals surface area contributed by atoms with Crippen molar-refractivity contribution in [2.24, 2.45) is 0 Å². The zero-order valence-corrected chi connectivity index (χ0v) is 73.3. The summed E-state index contributed by atoms with van der Waals surface area (Å²) in [6, 6.07) is 69.7. The zero-order chi connectivity index (χ0) is 90.7. The molecule has 0 aliphatic carbocycles. The van der Waals surface area contributed by atoms with Crippen LogP contribution >= 0.6 is 69.6 Å². The lowest BCUT2D eigenvalue weighted by molar-refractivity contribution is 0.0921. The van der Waals surface area contributed by atoms with Crippen LogP contribution in [0.1, 0.15) is 103 Å². The molecule has 14 rings (SSSR count). The van der Waals surface area contributed by atoms with Crippen molar-refractivity contribution < 1.29 is 56.9 Å². The van der Waals surface area contributed by atoms with Crippen molar-refractivity contribution in [3.05, 3.63) is 372 Å².